The molecular weight excluding hydrogens is 352 g/mol. The van der Waals surface area contributed by atoms with Crippen molar-refractivity contribution in [3.05, 3.63) is 45.6 Å². The van der Waals surface area contributed by atoms with Crippen LogP contribution >= 0.6 is 28.1 Å². The Kier molecular flexibility index (Phi) is 3.73. The Morgan fingerprint density at radius 3 is 2.57 bits per heavy atom. The second-order valence-corrected chi connectivity index (χ2v) is 5.71. The van der Waals surface area contributed by atoms with E-state index in [0.29, 0.717) is 4.77 Å². The SMILES string of the molecule is COc1ccc2c(c1)[nH]c(=S)n2-c1ccc(OC)c(Br)c1. The molecule has 3 rings (SSSR count). The summed E-state index contributed by atoms with van der Waals surface area (Å²) in [7, 11) is 3.29. The van der Waals surface area contributed by atoms with Crippen molar-refractivity contribution in [2.75, 3.05) is 14.2 Å². The molecule has 1 aromatic heterocycles. The highest BCUT2D eigenvalue weighted by atomic mass is 79.9. The van der Waals surface area contributed by atoms with Crippen molar-refractivity contribution < 1.29 is 9.47 Å². The van der Waals surface area contributed by atoms with E-state index in [-0.39, 0.29) is 0 Å². The number of rotatable bonds is 3. The number of imidazole rings is 1. The normalized spacial score (nSPS) is 10.8. The predicted octanol–water partition coefficient (Wildman–Crippen LogP) is 4.47. The van der Waals surface area contributed by atoms with Crippen LogP contribution in [0.25, 0.3) is 16.7 Å². The largest absolute Gasteiger partial charge is 0.497 e. The second-order valence-electron chi connectivity index (χ2n) is 4.47. The molecule has 0 radical (unpaired) electrons. The number of aromatic nitrogens is 2. The van der Waals surface area contributed by atoms with Crippen molar-refractivity contribution in [3.8, 4) is 17.2 Å². The van der Waals surface area contributed by atoms with Gasteiger partial charge < -0.3 is 14.5 Å². The molecule has 0 atom stereocenters. The zero-order valence-corrected chi connectivity index (χ0v) is 13.9. The number of halogens is 1. The molecule has 4 nitrogen and oxygen atoms in total. The Bertz CT molecular complexity index is 870. The van der Waals surface area contributed by atoms with Gasteiger partial charge >= 0.3 is 0 Å². The van der Waals surface area contributed by atoms with Gasteiger partial charge in [0.05, 0.1) is 29.7 Å². The van der Waals surface area contributed by atoms with E-state index in [1.807, 2.05) is 41.0 Å². The number of benzene rings is 2. The van der Waals surface area contributed by atoms with E-state index in [2.05, 4.69) is 20.9 Å². The van der Waals surface area contributed by atoms with Crippen molar-refractivity contribution in [2.24, 2.45) is 0 Å². The number of nitrogens with one attached hydrogen (secondary N) is 1. The maximum absolute atomic E-state index is 5.44. The molecule has 0 bridgehead atoms. The molecule has 2 aromatic carbocycles. The van der Waals surface area contributed by atoms with E-state index >= 15 is 0 Å². The topological polar surface area (TPSA) is 39.2 Å². The lowest BCUT2D eigenvalue weighted by Gasteiger charge is -2.08. The van der Waals surface area contributed by atoms with Gasteiger partial charge in [0, 0.05) is 11.8 Å². The highest BCUT2D eigenvalue weighted by Crippen LogP contribution is 2.29. The van der Waals surface area contributed by atoms with E-state index in [9.17, 15) is 0 Å². The third-order valence-electron chi connectivity index (χ3n) is 3.28. The summed E-state index contributed by atoms with van der Waals surface area (Å²) in [6, 6.07) is 11.7. The van der Waals surface area contributed by atoms with Crippen molar-refractivity contribution in [3.63, 3.8) is 0 Å². The Balaban J connectivity index is 2.22. The first kappa shape index (κ1) is 14.2. The van der Waals surface area contributed by atoms with Crippen LogP contribution in [-0.4, -0.2) is 23.8 Å². The summed E-state index contributed by atoms with van der Waals surface area (Å²) in [5.41, 5.74) is 2.90. The lowest BCUT2D eigenvalue weighted by molar-refractivity contribution is 0.412. The molecule has 1 N–H and O–H groups in total. The second kappa shape index (κ2) is 5.54. The summed E-state index contributed by atoms with van der Waals surface area (Å²) in [5, 5.41) is 0. The average molecular weight is 365 g/mol. The lowest BCUT2D eigenvalue weighted by Crippen LogP contribution is -1.95. The van der Waals surface area contributed by atoms with E-state index in [4.69, 9.17) is 21.7 Å². The van der Waals surface area contributed by atoms with Gasteiger partial charge in [0.25, 0.3) is 0 Å². The lowest BCUT2D eigenvalue weighted by atomic mass is 10.2. The number of fused-ring (bicyclic) bond motifs is 1. The van der Waals surface area contributed by atoms with E-state index in [1.54, 1.807) is 14.2 Å². The third kappa shape index (κ3) is 2.45. The van der Waals surface area contributed by atoms with E-state index in [0.717, 1.165) is 32.7 Å². The zero-order valence-electron chi connectivity index (χ0n) is 11.5. The summed E-state index contributed by atoms with van der Waals surface area (Å²) < 4.78 is 14.0. The molecule has 0 amide bonds. The number of hydrogen-bond acceptors (Lipinski definition) is 3. The van der Waals surface area contributed by atoms with Gasteiger partial charge in [0.15, 0.2) is 4.77 Å². The standard InChI is InChI=1S/C15H13BrN2O2S/c1-19-10-4-5-13-12(8-10)17-15(21)18(13)9-3-6-14(20-2)11(16)7-9/h3-8H,1-2H3,(H,17,21). The van der Waals surface area contributed by atoms with Gasteiger partial charge in [-0.1, -0.05) is 0 Å². The fourth-order valence-corrected chi connectivity index (χ4v) is 3.11. The number of hydrogen-bond donors (Lipinski definition) is 1. The summed E-state index contributed by atoms with van der Waals surface area (Å²) in [5.74, 6) is 1.58. The van der Waals surface area contributed by atoms with Crippen LogP contribution in [0.1, 0.15) is 0 Å². The fourth-order valence-electron chi connectivity index (χ4n) is 2.27. The van der Waals surface area contributed by atoms with Crippen LogP contribution in [0.3, 0.4) is 0 Å². The quantitative estimate of drug-likeness (QED) is 0.697. The maximum Gasteiger partial charge on any atom is 0.182 e. The van der Waals surface area contributed by atoms with Crippen LogP contribution in [-0.2, 0) is 0 Å². The molecule has 6 heteroatoms. The van der Waals surface area contributed by atoms with Crippen LogP contribution in [0, 0.1) is 4.77 Å². The van der Waals surface area contributed by atoms with Crippen molar-refractivity contribution >= 4 is 39.2 Å². The Labute approximate surface area is 135 Å². The van der Waals surface area contributed by atoms with Crippen molar-refractivity contribution in [2.45, 2.75) is 0 Å². The van der Waals surface area contributed by atoms with Crippen LogP contribution in [0.4, 0.5) is 0 Å². The number of ether oxygens (including phenoxy) is 2. The molecule has 0 aliphatic heterocycles. The van der Waals surface area contributed by atoms with Crippen molar-refractivity contribution in [1.82, 2.24) is 9.55 Å². The van der Waals surface area contributed by atoms with Crippen LogP contribution in [0.15, 0.2) is 40.9 Å². The Morgan fingerprint density at radius 2 is 1.90 bits per heavy atom. The molecule has 1 heterocycles. The number of nitrogens with zero attached hydrogens (tertiary/aromatic N) is 1. The smallest absolute Gasteiger partial charge is 0.182 e. The van der Waals surface area contributed by atoms with Crippen LogP contribution < -0.4 is 9.47 Å². The average Bonchev–Trinajstić information content (AvgIpc) is 2.81. The molecule has 0 unspecified atom stereocenters. The molecule has 108 valence electrons. The minimum Gasteiger partial charge on any atom is -0.497 e. The Morgan fingerprint density at radius 1 is 1.10 bits per heavy atom. The van der Waals surface area contributed by atoms with Gasteiger partial charge in [0.1, 0.15) is 11.5 Å². The van der Waals surface area contributed by atoms with Crippen LogP contribution in [0.2, 0.25) is 0 Å². The van der Waals surface area contributed by atoms with Gasteiger partial charge in [-0.2, -0.15) is 0 Å². The van der Waals surface area contributed by atoms with Crippen LogP contribution in [0.5, 0.6) is 11.5 Å². The number of methoxy groups -OCH3 is 2. The monoisotopic (exact) mass is 364 g/mol. The van der Waals surface area contributed by atoms with Gasteiger partial charge in [-0.25, -0.2) is 0 Å². The van der Waals surface area contributed by atoms with Gasteiger partial charge in [-0.3, -0.25) is 4.57 Å². The molecule has 0 fully saturated rings. The summed E-state index contributed by atoms with van der Waals surface area (Å²) in [4.78, 5) is 3.20. The van der Waals surface area contributed by atoms with Gasteiger partial charge in [-0.05, 0) is 58.5 Å². The van der Waals surface area contributed by atoms with Gasteiger partial charge in [0.2, 0.25) is 0 Å². The maximum atomic E-state index is 5.44. The zero-order chi connectivity index (χ0) is 15.0. The molecule has 0 aliphatic rings. The number of aromatic amines is 1. The first-order valence-corrected chi connectivity index (χ1v) is 7.47. The summed E-state index contributed by atoms with van der Waals surface area (Å²) >= 11 is 8.94. The molecule has 3 aromatic rings. The summed E-state index contributed by atoms with van der Waals surface area (Å²) in [6.45, 7) is 0. The minimum atomic E-state index is 0.635. The molecule has 0 saturated heterocycles. The predicted molar refractivity (Wildman–Crippen MR) is 89.3 cm³/mol. The first-order chi connectivity index (χ1) is 10.1. The molecule has 0 saturated carbocycles. The molecule has 0 spiro atoms. The molecule has 0 aliphatic carbocycles. The Hall–Kier alpha value is -1.79. The fraction of sp³-hybridized carbons (Fsp3) is 0.133. The number of H-pyrrole nitrogens is 1. The summed E-state index contributed by atoms with van der Waals surface area (Å²) in [6.07, 6.45) is 0. The highest BCUT2D eigenvalue weighted by molar-refractivity contribution is 9.10. The minimum absolute atomic E-state index is 0.635. The first-order valence-electron chi connectivity index (χ1n) is 6.26. The highest BCUT2D eigenvalue weighted by Gasteiger charge is 2.09. The van der Waals surface area contributed by atoms with Crippen molar-refractivity contribution in [1.29, 1.82) is 0 Å². The molecular formula is C15H13BrN2O2S. The van der Waals surface area contributed by atoms with E-state index in [1.165, 1.54) is 0 Å². The van der Waals surface area contributed by atoms with E-state index < -0.39 is 0 Å². The molecule has 21 heavy (non-hydrogen) atoms. The third-order valence-corrected chi connectivity index (χ3v) is 4.19. The van der Waals surface area contributed by atoms with Gasteiger partial charge in [-0.15, -0.1) is 0 Å².